The molecule has 2 heteroatoms. The third-order valence-corrected chi connectivity index (χ3v) is 1.70. The zero-order chi connectivity index (χ0) is 12.0. The number of hydrogen-bond donors (Lipinski definition) is 0. The Hall–Kier alpha value is -1.75. The molecule has 0 amide bonds. The molecule has 0 radical (unpaired) electrons. The van der Waals surface area contributed by atoms with Gasteiger partial charge in [0.15, 0.2) is 0 Å². The van der Waals surface area contributed by atoms with Gasteiger partial charge in [-0.05, 0) is 45.0 Å². The molecule has 0 saturated heterocycles. The fraction of sp³-hybridized carbons (Fsp3) is 0.357. The van der Waals surface area contributed by atoms with Gasteiger partial charge >= 0.3 is 0 Å². The molecule has 16 heavy (non-hydrogen) atoms. The molecule has 84 valence electrons. The van der Waals surface area contributed by atoms with Crippen LogP contribution in [0.4, 0.5) is 0 Å². The van der Waals surface area contributed by atoms with Gasteiger partial charge in [0.2, 0.25) is 0 Å². The van der Waals surface area contributed by atoms with Gasteiger partial charge in [-0.2, -0.15) is 0 Å². The Balaban J connectivity index is 2.69. The van der Waals surface area contributed by atoms with Gasteiger partial charge < -0.3 is 9.53 Å². The first-order valence-electron chi connectivity index (χ1n) is 5.23. The summed E-state index contributed by atoms with van der Waals surface area (Å²) >= 11 is 0. The Bertz CT molecular complexity index is 399. The van der Waals surface area contributed by atoms with E-state index in [4.69, 9.17) is 4.74 Å². The van der Waals surface area contributed by atoms with Crippen molar-refractivity contribution in [3.8, 4) is 17.6 Å². The molecule has 0 aromatic heterocycles. The van der Waals surface area contributed by atoms with E-state index in [0.29, 0.717) is 0 Å². The molecule has 0 fully saturated rings. The van der Waals surface area contributed by atoms with Crippen molar-refractivity contribution in [1.82, 2.24) is 0 Å². The van der Waals surface area contributed by atoms with E-state index in [-0.39, 0.29) is 12.0 Å². The van der Waals surface area contributed by atoms with E-state index in [2.05, 4.69) is 11.8 Å². The summed E-state index contributed by atoms with van der Waals surface area (Å²) in [6.45, 7) is 6.01. The Morgan fingerprint density at radius 3 is 2.38 bits per heavy atom. The molecule has 1 rings (SSSR count). The minimum atomic E-state index is -0.190. The Labute approximate surface area is 96.6 Å². The van der Waals surface area contributed by atoms with Crippen LogP contribution in [0.1, 0.15) is 32.8 Å². The normalized spacial score (nSPS) is 10.2. The van der Waals surface area contributed by atoms with Gasteiger partial charge in [0.25, 0.3) is 0 Å². The quantitative estimate of drug-likeness (QED) is 0.561. The van der Waals surface area contributed by atoms with E-state index in [1.54, 1.807) is 0 Å². The van der Waals surface area contributed by atoms with Gasteiger partial charge in [0, 0.05) is 5.56 Å². The van der Waals surface area contributed by atoms with E-state index < -0.39 is 0 Å². The molecule has 1 aromatic carbocycles. The van der Waals surface area contributed by atoms with Crippen molar-refractivity contribution in [3.05, 3.63) is 29.8 Å². The van der Waals surface area contributed by atoms with Crippen molar-refractivity contribution >= 4 is 6.29 Å². The van der Waals surface area contributed by atoms with E-state index in [9.17, 15) is 4.79 Å². The summed E-state index contributed by atoms with van der Waals surface area (Å²) in [5.41, 5.74) is 0.702. The zero-order valence-corrected chi connectivity index (χ0v) is 9.91. The van der Waals surface area contributed by atoms with E-state index in [1.807, 2.05) is 45.0 Å². The van der Waals surface area contributed by atoms with Crippen LogP contribution < -0.4 is 4.74 Å². The van der Waals surface area contributed by atoms with Crippen LogP contribution in [0.5, 0.6) is 5.75 Å². The lowest BCUT2D eigenvalue weighted by atomic mass is 10.1. The first-order chi connectivity index (χ1) is 7.51. The molecular weight excluding hydrogens is 200 g/mol. The molecule has 0 atom stereocenters. The lowest BCUT2D eigenvalue weighted by Crippen LogP contribution is -2.22. The predicted molar refractivity (Wildman–Crippen MR) is 64.4 cm³/mol. The fourth-order valence-electron chi connectivity index (χ4n) is 1.15. The number of carbonyl (C=O) groups excluding carboxylic acids is 1. The smallest absolute Gasteiger partial charge is 0.131 e. The maximum Gasteiger partial charge on any atom is 0.131 e. The highest BCUT2D eigenvalue weighted by atomic mass is 16.5. The molecular formula is C14H16O2. The maximum atomic E-state index is 10.1. The van der Waals surface area contributed by atoms with Gasteiger partial charge in [-0.15, -0.1) is 0 Å². The van der Waals surface area contributed by atoms with E-state index >= 15 is 0 Å². The summed E-state index contributed by atoms with van der Waals surface area (Å²) < 4.78 is 5.68. The van der Waals surface area contributed by atoms with Gasteiger partial charge in [-0.25, -0.2) is 0 Å². The number of ether oxygens (including phenoxy) is 1. The summed E-state index contributed by atoms with van der Waals surface area (Å²) in [5, 5.41) is 0. The third kappa shape index (κ3) is 4.65. The minimum absolute atomic E-state index is 0.190. The molecule has 0 aliphatic rings. The van der Waals surface area contributed by atoms with Crippen molar-refractivity contribution in [2.24, 2.45) is 0 Å². The molecule has 0 saturated carbocycles. The van der Waals surface area contributed by atoms with Crippen LogP contribution in [0.3, 0.4) is 0 Å². The number of carbonyl (C=O) groups is 1. The Kier molecular flexibility index (Phi) is 4.13. The highest BCUT2D eigenvalue weighted by molar-refractivity contribution is 5.55. The van der Waals surface area contributed by atoms with Crippen LogP contribution in [-0.2, 0) is 4.79 Å². The van der Waals surface area contributed by atoms with Crippen molar-refractivity contribution in [2.45, 2.75) is 32.8 Å². The summed E-state index contributed by atoms with van der Waals surface area (Å²) in [5.74, 6) is 6.49. The van der Waals surface area contributed by atoms with Gasteiger partial charge in [-0.1, -0.05) is 11.8 Å². The summed E-state index contributed by atoms with van der Waals surface area (Å²) in [4.78, 5) is 10.1. The first-order valence-corrected chi connectivity index (χ1v) is 5.23. The van der Waals surface area contributed by atoms with E-state index in [0.717, 1.165) is 17.6 Å². The molecule has 2 nitrogen and oxygen atoms in total. The van der Waals surface area contributed by atoms with Crippen molar-refractivity contribution < 1.29 is 9.53 Å². The van der Waals surface area contributed by atoms with Crippen LogP contribution in [0.25, 0.3) is 0 Å². The van der Waals surface area contributed by atoms with Gasteiger partial charge in [0.05, 0.1) is 6.42 Å². The highest BCUT2D eigenvalue weighted by Gasteiger charge is 2.10. The summed E-state index contributed by atoms with van der Waals surface area (Å²) in [6, 6.07) is 7.55. The van der Waals surface area contributed by atoms with Crippen molar-refractivity contribution in [3.63, 3.8) is 0 Å². The molecule has 0 aliphatic carbocycles. The number of benzene rings is 1. The summed E-state index contributed by atoms with van der Waals surface area (Å²) in [7, 11) is 0. The van der Waals surface area contributed by atoms with Crippen LogP contribution in [-0.4, -0.2) is 11.9 Å². The average molecular weight is 216 g/mol. The molecule has 0 N–H and O–H groups in total. The summed E-state index contributed by atoms with van der Waals surface area (Å²) in [6.07, 6.45) is 1.07. The molecule has 0 heterocycles. The number of rotatable bonds is 2. The molecule has 1 aromatic rings. The molecule has 0 spiro atoms. The minimum Gasteiger partial charge on any atom is -0.488 e. The van der Waals surface area contributed by atoms with Crippen molar-refractivity contribution in [1.29, 1.82) is 0 Å². The lowest BCUT2D eigenvalue weighted by Gasteiger charge is -2.21. The lowest BCUT2D eigenvalue weighted by molar-refractivity contribution is -0.107. The average Bonchev–Trinajstić information content (AvgIpc) is 2.19. The second-order valence-electron chi connectivity index (χ2n) is 4.41. The fourth-order valence-corrected chi connectivity index (χ4v) is 1.15. The zero-order valence-electron chi connectivity index (χ0n) is 9.91. The maximum absolute atomic E-state index is 10.1. The number of hydrogen-bond acceptors (Lipinski definition) is 2. The van der Waals surface area contributed by atoms with Crippen molar-refractivity contribution in [2.75, 3.05) is 0 Å². The Morgan fingerprint density at radius 1 is 1.25 bits per heavy atom. The second kappa shape index (κ2) is 5.37. The van der Waals surface area contributed by atoms with Gasteiger partial charge in [-0.3, -0.25) is 0 Å². The van der Waals surface area contributed by atoms with E-state index in [1.165, 1.54) is 0 Å². The highest BCUT2D eigenvalue weighted by Crippen LogP contribution is 2.17. The standard InChI is InChI=1S/C14H16O2/c1-14(2,3)16-13-9-7-12(8-10-13)6-4-5-11-15/h7-11H,5H2,1-3H3. The molecule has 0 unspecified atom stereocenters. The second-order valence-corrected chi connectivity index (χ2v) is 4.41. The molecule has 0 bridgehead atoms. The first kappa shape index (κ1) is 12.3. The molecule has 0 aliphatic heterocycles. The third-order valence-electron chi connectivity index (χ3n) is 1.70. The monoisotopic (exact) mass is 216 g/mol. The largest absolute Gasteiger partial charge is 0.488 e. The van der Waals surface area contributed by atoms with Gasteiger partial charge in [0.1, 0.15) is 17.6 Å². The predicted octanol–water partition coefficient (Wildman–Crippen LogP) is 2.80. The van der Waals surface area contributed by atoms with Crippen LogP contribution in [0.2, 0.25) is 0 Å². The Morgan fingerprint density at radius 2 is 1.88 bits per heavy atom. The number of aldehydes is 1. The topological polar surface area (TPSA) is 26.3 Å². The van der Waals surface area contributed by atoms with Crippen LogP contribution in [0, 0.1) is 11.8 Å². The van der Waals surface area contributed by atoms with Crippen LogP contribution >= 0.6 is 0 Å². The SMILES string of the molecule is CC(C)(C)Oc1ccc(C#CCC=O)cc1. The van der Waals surface area contributed by atoms with Crippen LogP contribution in [0.15, 0.2) is 24.3 Å².